The molecule has 1 radical (unpaired) electrons. The van der Waals surface area contributed by atoms with Crippen molar-refractivity contribution in [1.82, 2.24) is 14.9 Å². The lowest BCUT2D eigenvalue weighted by Gasteiger charge is -2.23. The van der Waals surface area contributed by atoms with Gasteiger partial charge in [-0.05, 0) is 56.0 Å². The summed E-state index contributed by atoms with van der Waals surface area (Å²) >= 11 is 6.45. The van der Waals surface area contributed by atoms with E-state index < -0.39 is 6.23 Å². The average molecular weight is 522 g/mol. The van der Waals surface area contributed by atoms with Crippen molar-refractivity contribution in [3.05, 3.63) is 76.8 Å². The summed E-state index contributed by atoms with van der Waals surface area (Å²) in [6, 6.07) is 13.2. The van der Waals surface area contributed by atoms with Gasteiger partial charge in [0.25, 0.3) is 5.91 Å². The first kappa shape index (κ1) is 25.4. The van der Waals surface area contributed by atoms with E-state index in [9.17, 15) is 9.90 Å². The first-order valence-electron chi connectivity index (χ1n) is 12.5. The van der Waals surface area contributed by atoms with Gasteiger partial charge in [0, 0.05) is 43.3 Å². The fraction of sp³-hybridized carbons (Fsp3) is 0.357. The SMILES string of the molecule is CC(C)Oc1ccc([CH]C(O)N2Cc3ccc(-c4nc(NC5CCOCC5)ncc4Cl)cc3C2=O)cc1. The lowest BCUT2D eigenvalue weighted by atomic mass is 10.0. The number of halogens is 1. The summed E-state index contributed by atoms with van der Waals surface area (Å²) in [7, 11) is 0. The van der Waals surface area contributed by atoms with E-state index in [0.717, 1.165) is 35.3 Å². The Balaban J connectivity index is 1.29. The second-order valence-electron chi connectivity index (χ2n) is 9.54. The molecule has 1 saturated heterocycles. The molecule has 0 saturated carbocycles. The van der Waals surface area contributed by atoms with E-state index in [1.54, 1.807) is 18.7 Å². The highest BCUT2D eigenvalue weighted by molar-refractivity contribution is 6.33. The summed E-state index contributed by atoms with van der Waals surface area (Å²) in [5, 5.41) is 14.6. The second-order valence-corrected chi connectivity index (χ2v) is 9.95. The minimum atomic E-state index is -1.07. The number of rotatable bonds is 8. The number of carbonyl (C=O) groups excluding carboxylic acids is 1. The van der Waals surface area contributed by atoms with Crippen molar-refractivity contribution < 1.29 is 19.4 Å². The quantitative estimate of drug-likeness (QED) is 0.443. The van der Waals surface area contributed by atoms with Gasteiger partial charge >= 0.3 is 0 Å². The van der Waals surface area contributed by atoms with E-state index in [-0.39, 0.29) is 18.1 Å². The minimum Gasteiger partial charge on any atom is -0.491 e. The number of fused-ring (bicyclic) bond motifs is 1. The summed E-state index contributed by atoms with van der Waals surface area (Å²) in [5.74, 6) is 1.01. The van der Waals surface area contributed by atoms with Crippen molar-refractivity contribution in [2.24, 2.45) is 0 Å². The van der Waals surface area contributed by atoms with Crippen LogP contribution >= 0.6 is 11.6 Å². The fourth-order valence-corrected chi connectivity index (χ4v) is 4.74. The molecule has 37 heavy (non-hydrogen) atoms. The molecule has 0 spiro atoms. The summed E-state index contributed by atoms with van der Waals surface area (Å²) < 4.78 is 11.1. The van der Waals surface area contributed by atoms with Gasteiger partial charge in [-0.25, -0.2) is 9.97 Å². The molecule has 0 bridgehead atoms. The van der Waals surface area contributed by atoms with Gasteiger partial charge in [-0.2, -0.15) is 0 Å². The number of aromatic nitrogens is 2. The molecule has 193 valence electrons. The van der Waals surface area contributed by atoms with Gasteiger partial charge in [0.15, 0.2) is 0 Å². The van der Waals surface area contributed by atoms with E-state index in [2.05, 4.69) is 15.3 Å². The lowest BCUT2D eigenvalue weighted by Crippen LogP contribution is -2.35. The maximum Gasteiger partial charge on any atom is 0.256 e. The van der Waals surface area contributed by atoms with Gasteiger partial charge in [-0.1, -0.05) is 35.9 Å². The monoisotopic (exact) mass is 521 g/mol. The Morgan fingerprint density at radius 2 is 1.95 bits per heavy atom. The molecule has 1 atom stereocenters. The molecule has 0 aliphatic carbocycles. The van der Waals surface area contributed by atoms with Crippen LogP contribution in [0.25, 0.3) is 11.3 Å². The summed E-state index contributed by atoms with van der Waals surface area (Å²) in [6.45, 7) is 5.67. The van der Waals surface area contributed by atoms with Crippen molar-refractivity contribution in [3.8, 4) is 17.0 Å². The Morgan fingerprint density at radius 3 is 2.68 bits per heavy atom. The van der Waals surface area contributed by atoms with E-state index >= 15 is 0 Å². The van der Waals surface area contributed by atoms with Crippen LogP contribution in [0.2, 0.25) is 5.02 Å². The van der Waals surface area contributed by atoms with Gasteiger partial charge in [-0.15, -0.1) is 0 Å². The number of ether oxygens (including phenoxy) is 2. The molecule has 1 amide bonds. The molecule has 2 aliphatic rings. The Kier molecular flexibility index (Phi) is 7.60. The summed E-state index contributed by atoms with van der Waals surface area (Å²) in [5.41, 5.74) is 3.43. The first-order chi connectivity index (χ1) is 17.9. The molecule has 2 aliphatic heterocycles. The Bertz CT molecular complexity index is 1260. The highest BCUT2D eigenvalue weighted by atomic mass is 35.5. The van der Waals surface area contributed by atoms with Crippen LogP contribution in [0.15, 0.2) is 48.7 Å². The third-order valence-corrected chi connectivity index (χ3v) is 6.70. The molecule has 2 aromatic carbocycles. The number of anilines is 1. The molecular weight excluding hydrogens is 492 g/mol. The number of aliphatic hydroxyl groups excluding tert-OH is 1. The topological polar surface area (TPSA) is 96.8 Å². The smallest absolute Gasteiger partial charge is 0.256 e. The number of hydrogen-bond acceptors (Lipinski definition) is 7. The molecule has 1 unspecified atom stereocenters. The van der Waals surface area contributed by atoms with Crippen LogP contribution in [0.5, 0.6) is 5.75 Å². The zero-order valence-electron chi connectivity index (χ0n) is 20.9. The van der Waals surface area contributed by atoms with Crippen LogP contribution in [-0.2, 0) is 11.3 Å². The molecule has 8 nitrogen and oxygen atoms in total. The maximum absolute atomic E-state index is 13.2. The van der Waals surface area contributed by atoms with Gasteiger partial charge in [0.1, 0.15) is 12.0 Å². The van der Waals surface area contributed by atoms with Crippen LogP contribution in [0.4, 0.5) is 5.95 Å². The van der Waals surface area contributed by atoms with Crippen molar-refractivity contribution in [1.29, 1.82) is 0 Å². The number of nitrogens with zero attached hydrogens (tertiary/aromatic N) is 3. The third-order valence-electron chi connectivity index (χ3n) is 6.43. The largest absolute Gasteiger partial charge is 0.491 e. The lowest BCUT2D eigenvalue weighted by molar-refractivity contribution is 0.0269. The molecule has 3 aromatic rings. The van der Waals surface area contributed by atoms with Crippen LogP contribution in [0.1, 0.15) is 48.2 Å². The molecule has 3 heterocycles. The zero-order chi connectivity index (χ0) is 25.9. The predicted octanol–water partition coefficient (Wildman–Crippen LogP) is 4.70. The number of nitrogens with one attached hydrogen (secondary N) is 1. The number of carbonyl (C=O) groups is 1. The molecule has 1 aromatic heterocycles. The standard InChI is InChI=1S/C28H30ClN4O4/c1-17(2)37-22-7-3-18(4-8-22)13-25(34)33-16-20-6-5-19(14-23(20)27(33)35)26-24(29)15-30-28(32-26)31-21-9-11-36-12-10-21/h3-8,13-15,17,21,25,34H,9-12,16H2,1-2H3,(H,30,31,32). The van der Waals surface area contributed by atoms with E-state index in [4.69, 9.17) is 21.1 Å². The summed E-state index contributed by atoms with van der Waals surface area (Å²) in [4.78, 5) is 23.6. The fourth-order valence-electron chi connectivity index (χ4n) is 4.54. The average Bonchev–Trinajstić information content (AvgIpc) is 3.22. The van der Waals surface area contributed by atoms with Crippen molar-refractivity contribution in [2.45, 2.75) is 51.6 Å². The van der Waals surface area contributed by atoms with E-state index in [1.807, 2.05) is 50.2 Å². The van der Waals surface area contributed by atoms with Gasteiger partial charge in [0.05, 0.1) is 23.0 Å². The predicted molar refractivity (Wildman–Crippen MR) is 141 cm³/mol. The van der Waals surface area contributed by atoms with E-state index in [1.165, 1.54) is 4.90 Å². The molecular formula is C28H30ClN4O4. The Labute approximate surface area is 221 Å². The molecule has 5 rings (SSSR count). The normalized spacial score (nSPS) is 16.7. The minimum absolute atomic E-state index is 0.0816. The first-order valence-corrected chi connectivity index (χ1v) is 12.9. The van der Waals surface area contributed by atoms with Crippen molar-refractivity contribution in [2.75, 3.05) is 18.5 Å². The molecule has 2 N–H and O–H groups in total. The number of benzene rings is 2. The highest BCUT2D eigenvalue weighted by Gasteiger charge is 2.32. The van der Waals surface area contributed by atoms with Crippen LogP contribution in [0, 0.1) is 6.42 Å². The Hall–Kier alpha value is -3.20. The van der Waals surface area contributed by atoms with E-state index in [0.29, 0.717) is 42.0 Å². The van der Waals surface area contributed by atoms with Crippen molar-refractivity contribution in [3.63, 3.8) is 0 Å². The Morgan fingerprint density at radius 1 is 1.19 bits per heavy atom. The van der Waals surface area contributed by atoms with Gasteiger partial charge in [-0.3, -0.25) is 4.79 Å². The van der Waals surface area contributed by atoms with Gasteiger partial charge in [0.2, 0.25) is 5.95 Å². The molecule has 9 heteroatoms. The number of aliphatic hydroxyl groups is 1. The van der Waals surface area contributed by atoms with Gasteiger partial charge < -0.3 is 24.8 Å². The highest BCUT2D eigenvalue weighted by Crippen LogP contribution is 2.33. The van der Waals surface area contributed by atoms with Crippen LogP contribution in [-0.4, -0.2) is 57.5 Å². The van der Waals surface area contributed by atoms with Crippen molar-refractivity contribution >= 4 is 23.5 Å². The second kappa shape index (κ2) is 11.0. The van der Waals surface area contributed by atoms with Crippen LogP contribution < -0.4 is 10.1 Å². The van der Waals surface area contributed by atoms with Crippen LogP contribution in [0.3, 0.4) is 0 Å². The summed E-state index contributed by atoms with van der Waals surface area (Å²) in [6.07, 6.45) is 4.01. The third kappa shape index (κ3) is 5.87. The number of hydrogen-bond donors (Lipinski definition) is 2. The molecule has 1 fully saturated rings. The maximum atomic E-state index is 13.2. The number of amides is 1. The zero-order valence-corrected chi connectivity index (χ0v) is 21.6.